The SMILES string of the molecule is COc1ccc2ncc(F)c([C@H](O)CN3CCOC(CNCc4ccc5c(n4)NC(=O)CS5)C3)c2n1. The maximum absolute atomic E-state index is 14.7. The fourth-order valence-corrected chi connectivity index (χ4v) is 5.10. The van der Waals surface area contributed by atoms with Crippen LogP contribution in [0.25, 0.3) is 11.0 Å². The number of amides is 1. The number of anilines is 1. The number of ether oxygens (including phenoxy) is 2. The van der Waals surface area contributed by atoms with Crippen molar-refractivity contribution >= 4 is 34.5 Å². The van der Waals surface area contributed by atoms with Gasteiger partial charge in [0.15, 0.2) is 0 Å². The number of rotatable bonds is 8. The Morgan fingerprint density at radius 3 is 3.11 bits per heavy atom. The van der Waals surface area contributed by atoms with Gasteiger partial charge < -0.3 is 25.2 Å². The van der Waals surface area contributed by atoms with Crippen LogP contribution in [-0.4, -0.2) is 82.6 Å². The predicted molar refractivity (Wildman–Crippen MR) is 132 cm³/mol. The Labute approximate surface area is 211 Å². The van der Waals surface area contributed by atoms with Crippen LogP contribution >= 0.6 is 11.8 Å². The van der Waals surface area contributed by atoms with Gasteiger partial charge in [-0.3, -0.25) is 14.7 Å². The van der Waals surface area contributed by atoms with E-state index >= 15 is 0 Å². The van der Waals surface area contributed by atoms with Crippen LogP contribution in [-0.2, 0) is 16.1 Å². The maximum atomic E-state index is 14.7. The van der Waals surface area contributed by atoms with E-state index in [2.05, 4.69) is 30.5 Å². The van der Waals surface area contributed by atoms with Crippen molar-refractivity contribution in [3.05, 3.63) is 47.5 Å². The molecule has 36 heavy (non-hydrogen) atoms. The van der Waals surface area contributed by atoms with E-state index in [9.17, 15) is 14.3 Å². The second-order valence-corrected chi connectivity index (χ2v) is 9.64. The summed E-state index contributed by atoms with van der Waals surface area (Å²) in [5.74, 6) is 0.695. The van der Waals surface area contributed by atoms with E-state index in [1.807, 2.05) is 12.1 Å². The summed E-state index contributed by atoms with van der Waals surface area (Å²) in [5.41, 5.74) is 1.72. The third kappa shape index (κ3) is 5.57. The van der Waals surface area contributed by atoms with Gasteiger partial charge in [0.2, 0.25) is 11.8 Å². The summed E-state index contributed by atoms with van der Waals surface area (Å²) in [7, 11) is 1.48. The van der Waals surface area contributed by atoms with Gasteiger partial charge in [-0.15, -0.1) is 11.8 Å². The van der Waals surface area contributed by atoms with Crippen LogP contribution in [0.3, 0.4) is 0 Å². The van der Waals surface area contributed by atoms with Crippen LogP contribution < -0.4 is 15.4 Å². The number of carbonyl (C=O) groups is 1. The molecule has 10 nitrogen and oxygen atoms in total. The third-order valence-electron chi connectivity index (χ3n) is 6.08. The molecular formula is C24H27FN6O4S. The summed E-state index contributed by atoms with van der Waals surface area (Å²) in [6, 6.07) is 7.25. The van der Waals surface area contributed by atoms with Crippen LogP contribution in [0.2, 0.25) is 0 Å². The van der Waals surface area contributed by atoms with Crippen LogP contribution in [0.15, 0.2) is 35.4 Å². The van der Waals surface area contributed by atoms with Gasteiger partial charge in [0.05, 0.1) is 54.0 Å². The zero-order valence-corrected chi connectivity index (χ0v) is 20.6. The molecule has 1 unspecified atom stereocenters. The number of carbonyl (C=O) groups excluding carboxylic acids is 1. The van der Waals surface area contributed by atoms with Crippen LogP contribution in [0.4, 0.5) is 10.2 Å². The van der Waals surface area contributed by atoms with Crippen molar-refractivity contribution in [3.63, 3.8) is 0 Å². The molecule has 0 aromatic carbocycles. The number of aliphatic hydroxyl groups excluding tert-OH is 1. The lowest BCUT2D eigenvalue weighted by Gasteiger charge is -2.34. The molecule has 5 heterocycles. The Morgan fingerprint density at radius 2 is 2.25 bits per heavy atom. The number of fused-ring (bicyclic) bond motifs is 2. The molecule has 0 saturated carbocycles. The van der Waals surface area contributed by atoms with Gasteiger partial charge in [-0.05, 0) is 18.2 Å². The van der Waals surface area contributed by atoms with E-state index in [0.29, 0.717) is 61.3 Å². The molecule has 12 heteroatoms. The smallest absolute Gasteiger partial charge is 0.235 e. The Kier molecular flexibility index (Phi) is 7.58. The largest absolute Gasteiger partial charge is 0.481 e. The van der Waals surface area contributed by atoms with E-state index in [0.717, 1.165) is 16.8 Å². The molecular weight excluding hydrogens is 487 g/mol. The fourth-order valence-electron chi connectivity index (χ4n) is 4.35. The number of hydrogen-bond acceptors (Lipinski definition) is 10. The molecule has 1 fully saturated rings. The highest BCUT2D eigenvalue weighted by molar-refractivity contribution is 8.00. The van der Waals surface area contributed by atoms with Crippen molar-refractivity contribution in [2.24, 2.45) is 0 Å². The number of halogens is 1. The van der Waals surface area contributed by atoms with Gasteiger partial charge in [0, 0.05) is 44.4 Å². The zero-order chi connectivity index (χ0) is 25.1. The molecule has 3 aromatic rings. The number of nitrogens with one attached hydrogen (secondary N) is 2. The molecule has 3 N–H and O–H groups in total. The molecule has 5 rings (SSSR count). The van der Waals surface area contributed by atoms with Gasteiger partial charge >= 0.3 is 0 Å². The first kappa shape index (κ1) is 24.8. The van der Waals surface area contributed by atoms with Crippen LogP contribution in [0.5, 0.6) is 5.88 Å². The first-order valence-corrected chi connectivity index (χ1v) is 12.6. The van der Waals surface area contributed by atoms with E-state index < -0.39 is 11.9 Å². The molecule has 3 aromatic heterocycles. The summed E-state index contributed by atoms with van der Waals surface area (Å²) in [6.07, 6.45) is -0.0781. The van der Waals surface area contributed by atoms with Crippen molar-refractivity contribution < 1.29 is 23.8 Å². The summed E-state index contributed by atoms with van der Waals surface area (Å²) >= 11 is 1.48. The van der Waals surface area contributed by atoms with Gasteiger partial charge in [-0.1, -0.05) is 0 Å². The summed E-state index contributed by atoms with van der Waals surface area (Å²) in [4.78, 5) is 27.5. The molecule has 0 aliphatic carbocycles. The molecule has 2 aliphatic rings. The standard InChI is InChI=1S/C24H27FN6O4S/c1-34-21-5-3-17-23(30-21)22(16(25)10-27-17)18(32)12-31-6-7-35-15(11-31)9-26-8-14-2-4-19-24(28-14)29-20(33)13-36-19/h2-5,10,15,18,26,32H,6-9,11-13H2,1H3,(H,28,29,33)/t15?,18-/m1/s1. The van der Waals surface area contributed by atoms with Gasteiger partial charge in [-0.25, -0.2) is 14.4 Å². The molecule has 2 atom stereocenters. The first-order chi connectivity index (χ1) is 17.5. The molecule has 0 radical (unpaired) electrons. The normalized spacial score (nSPS) is 19.1. The highest BCUT2D eigenvalue weighted by atomic mass is 32.2. The van der Waals surface area contributed by atoms with Crippen LogP contribution in [0.1, 0.15) is 17.4 Å². The van der Waals surface area contributed by atoms with E-state index in [4.69, 9.17) is 9.47 Å². The lowest BCUT2D eigenvalue weighted by molar-refractivity contribution is -0.113. The molecule has 1 amide bonds. The summed E-state index contributed by atoms with van der Waals surface area (Å²) in [5, 5.41) is 17.1. The predicted octanol–water partition coefficient (Wildman–Crippen LogP) is 1.74. The Balaban J connectivity index is 1.18. The number of aromatic nitrogens is 3. The lowest BCUT2D eigenvalue weighted by atomic mass is 10.1. The number of β-amino-alcohol motifs (C(OH)–C–C–N with tert-alkyl or cyclic N) is 1. The molecule has 1 saturated heterocycles. The Morgan fingerprint density at radius 1 is 1.36 bits per heavy atom. The highest BCUT2D eigenvalue weighted by Gasteiger charge is 2.26. The van der Waals surface area contributed by atoms with E-state index in [1.54, 1.807) is 12.1 Å². The minimum Gasteiger partial charge on any atom is -0.481 e. The van der Waals surface area contributed by atoms with Gasteiger partial charge in [0.1, 0.15) is 17.2 Å². The van der Waals surface area contributed by atoms with Crippen molar-refractivity contribution in [3.8, 4) is 5.88 Å². The number of nitrogens with zero attached hydrogens (tertiary/aromatic N) is 4. The topological polar surface area (TPSA) is 122 Å². The second kappa shape index (κ2) is 11.0. The van der Waals surface area contributed by atoms with Crippen molar-refractivity contribution in [2.45, 2.75) is 23.6 Å². The molecule has 190 valence electrons. The average molecular weight is 515 g/mol. The monoisotopic (exact) mass is 514 g/mol. The first-order valence-electron chi connectivity index (χ1n) is 11.6. The van der Waals surface area contributed by atoms with Gasteiger partial charge in [0.25, 0.3) is 0 Å². The molecule has 0 bridgehead atoms. The number of pyridine rings is 3. The Bertz CT molecular complexity index is 1260. The number of thioether (sulfide) groups is 1. The van der Waals surface area contributed by atoms with Crippen molar-refractivity contribution in [1.29, 1.82) is 0 Å². The lowest BCUT2D eigenvalue weighted by Crippen LogP contribution is -2.47. The van der Waals surface area contributed by atoms with Crippen molar-refractivity contribution in [2.75, 3.05) is 51.0 Å². The molecule has 0 spiro atoms. The molecule has 2 aliphatic heterocycles. The quantitative estimate of drug-likeness (QED) is 0.410. The number of aliphatic hydroxyl groups is 1. The van der Waals surface area contributed by atoms with Crippen molar-refractivity contribution in [1.82, 2.24) is 25.2 Å². The number of methoxy groups -OCH3 is 1. The maximum Gasteiger partial charge on any atom is 0.235 e. The minimum atomic E-state index is -1.09. The Hall–Kier alpha value is -2.90. The number of morpholine rings is 1. The van der Waals surface area contributed by atoms with Crippen LogP contribution in [0, 0.1) is 5.82 Å². The number of hydrogen-bond donors (Lipinski definition) is 3. The van der Waals surface area contributed by atoms with Gasteiger partial charge in [-0.2, -0.15) is 0 Å². The minimum absolute atomic E-state index is 0.0439. The van der Waals surface area contributed by atoms with E-state index in [-0.39, 0.29) is 24.1 Å². The van der Waals surface area contributed by atoms with E-state index in [1.165, 1.54) is 18.9 Å². The summed E-state index contributed by atoms with van der Waals surface area (Å²) in [6.45, 7) is 3.05. The summed E-state index contributed by atoms with van der Waals surface area (Å²) < 4.78 is 25.7. The zero-order valence-electron chi connectivity index (χ0n) is 19.7. The highest BCUT2D eigenvalue weighted by Crippen LogP contribution is 2.30. The second-order valence-electron chi connectivity index (χ2n) is 8.63. The third-order valence-corrected chi connectivity index (χ3v) is 7.13. The average Bonchev–Trinajstić information content (AvgIpc) is 2.88. The fraction of sp³-hybridized carbons (Fsp3) is 0.417.